The summed E-state index contributed by atoms with van der Waals surface area (Å²) in [6.45, 7) is 4.61. The van der Waals surface area contributed by atoms with Gasteiger partial charge in [0.1, 0.15) is 0 Å². The summed E-state index contributed by atoms with van der Waals surface area (Å²) < 4.78 is 0. The number of aliphatic hydroxyl groups is 1. The lowest BCUT2D eigenvalue weighted by Crippen LogP contribution is -2.33. The first-order valence-electron chi connectivity index (χ1n) is 12.0. The van der Waals surface area contributed by atoms with Gasteiger partial charge in [-0.05, 0) is 87.4 Å². The minimum absolute atomic E-state index is 0.485. The van der Waals surface area contributed by atoms with Crippen LogP contribution in [0.3, 0.4) is 0 Å². The molecule has 1 heteroatoms. The molecule has 2 saturated carbocycles. The Morgan fingerprint density at radius 2 is 1.42 bits per heavy atom. The fourth-order valence-corrected chi connectivity index (χ4v) is 6.29. The van der Waals surface area contributed by atoms with Gasteiger partial charge in [-0.25, -0.2) is 0 Å². The molecule has 26 heavy (non-hydrogen) atoms. The van der Waals surface area contributed by atoms with Crippen LogP contribution < -0.4 is 0 Å². The van der Waals surface area contributed by atoms with Gasteiger partial charge in [0.2, 0.25) is 0 Å². The van der Waals surface area contributed by atoms with Gasteiger partial charge in [0.05, 0.1) is 5.60 Å². The monoisotopic (exact) mass is 360 g/mol. The number of hydrogen-bond acceptors (Lipinski definition) is 1. The second-order valence-corrected chi connectivity index (χ2v) is 9.99. The number of hydrogen-bond donors (Lipinski definition) is 1. The summed E-state index contributed by atoms with van der Waals surface area (Å²) in [6, 6.07) is 0. The van der Waals surface area contributed by atoms with E-state index in [4.69, 9.17) is 0 Å². The third-order valence-electron chi connectivity index (χ3n) is 8.33. The minimum atomic E-state index is -0.485. The summed E-state index contributed by atoms with van der Waals surface area (Å²) in [5.41, 5.74) is -0.485. The molecule has 0 heterocycles. The molecular formula is C25H44O. The molecule has 3 aliphatic rings. The Hall–Kier alpha value is -0.300. The van der Waals surface area contributed by atoms with Crippen molar-refractivity contribution in [1.82, 2.24) is 0 Å². The Morgan fingerprint density at radius 1 is 0.808 bits per heavy atom. The molecule has 3 aliphatic carbocycles. The maximum atomic E-state index is 10.8. The average Bonchev–Trinajstić information content (AvgIpc) is 2.69. The SMILES string of the molecule is CCCCCC1(O)C=CC(C2CCC(C3CCC(CC)CC3)CC2)CC1. The van der Waals surface area contributed by atoms with Gasteiger partial charge < -0.3 is 5.11 Å². The van der Waals surface area contributed by atoms with Gasteiger partial charge in [0, 0.05) is 0 Å². The number of allylic oxidation sites excluding steroid dienone is 1. The van der Waals surface area contributed by atoms with Crippen LogP contribution in [0.1, 0.15) is 110 Å². The number of unbranched alkanes of at least 4 members (excludes halogenated alkanes) is 2. The van der Waals surface area contributed by atoms with Crippen LogP contribution in [0.15, 0.2) is 12.2 Å². The molecule has 2 atom stereocenters. The minimum Gasteiger partial charge on any atom is -0.386 e. The first-order valence-corrected chi connectivity index (χ1v) is 12.0. The molecular weight excluding hydrogens is 316 g/mol. The summed E-state index contributed by atoms with van der Waals surface area (Å²) in [6.07, 6.45) is 24.8. The van der Waals surface area contributed by atoms with E-state index in [0.29, 0.717) is 0 Å². The molecule has 1 nitrogen and oxygen atoms in total. The Kier molecular flexibility index (Phi) is 7.67. The zero-order chi connectivity index (χ0) is 18.4. The zero-order valence-electron chi connectivity index (χ0n) is 17.6. The van der Waals surface area contributed by atoms with E-state index in [9.17, 15) is 5.11 Å². The van der Waals surface area contributed by atoms with E-state index in [1.165, 1.54) is 83.5 Å². The highest BCUT2D eigenvalue weighted by atomic mass is 16.3. The van der Waals surface area contributed by atoms with Crippen molar-refractivity contribution in [3.63, 3.8) is 0 Å². The summed E-state index contributed by atoms with van der Waals surface area (Å²) in [5, 5.41) is 10.8. The molecule has 0 radical (unpaired) electrons. The van der Waals surface area contributed by atoms with Crippen molar-refractivity contribution in [3.05, 3.63) is 12.2 Å². The lowest BCUT2D eigenvalue weighted by atomic mass is 9.65. The summed E-state index contributed by atoms with van der Waals surface area (Å²) in [7, 11) is 0. The molecule has 0 aromatic heterocycles. The molecule has 0 aliphatic heterocycles. The first kappa shape index (κ1) is 20.4. The van der Waals surface area contributed by atoms with Crippen molar-refractivity contribution in [3.8, 4) is 0 Å². The largest absolute Gasteiger partial charge is 0.386 e. The van der Waals surface area contributed by atoms with Gasteiger partial charge >= 0.3 is 0 Å². The van der Waals surface area contributed by atoms with Gasteiger partial charge in [-0.2, -0.15) is 0 Å². The highest BCUT2D eigenvalue weighted by Crippen LogP contribution is 2.45. The topological polar surface area (TPSA) is 20.2 Å². The Morgan fingerprint density at radius 3 is 1.96 bits per heavy atom. The van der Waals surface area contributed by atoms with E-state index in [2.05, 4.69) is 26.0 Å². The van der Waals surface area contributed by atoms with E-state index in [0.717, 1.165) is 42.4 Å². The first-order chi connectivity index (χ1) is 12.6. The molecule has 0 aromatic rings. The second-order valence-electron chi connectivity index (χ2n) is 9.99. The van der Waals surface area contributed by atoms with Crippen LogP contribution in [-0.2, 0) is 0 Å². The predicted octanol–water partition coefficient (Wildman–Crippen LogP) is 7.29. The van der Waals surface area contributed by atoms with Crippen molar-refractivity contribution >= 4 is 0 Å². The zero-order valence-corrected chi connectivity index (χ0v) is 17.6. The van der Waals surface area contributed by atoms with Crippen molar-refractivity contribution in [2.45, 2.75) is 116 Å². The van der Waals surface area contributed by atoms with Crippen molar-refractivity contribution in [2.75, 3.05) is 0 Å². The van der Waals surface area contributed by atoms with Gasteiger partial charge in [-0.1, -0.05) is 64.5 Å². The summed E-state index contributed by atoms with van der Waals surface area (Å²) in [4.78, 5) is 0. The lowest BCUT2D eigenvalue weighted by molar-refractivity contribution is 0.0481. The molecule has 2 unspecified atom stereocenters. The van der Waals surface area contributed by atoms with Crippen LogP contribution in [-0.4, -0.2) is 10.7 Å². The van der Waals surface area contributed by atoms with Crippen LogP contribution >= 0.6 is 0 Å². The Balaban J connectivity index is 1.41. The molecule has 0 spiro atoms. The van der Waals surface area contributed by atoms with Crippen LogP contribution in [0, 0.1) is 29.6 Å². The van der Waals surface area contributed by atoms with E-state index >= 15 is 0 Å². The van der Waals surface area contributed by atoms with Gasteiger partial charge in [-0.3, -0.25) is 0 Å². The van der Waals surface area contributed by atoms with Crippen LogP contribution in [0.2, 0.25) is 0 Å². The number of rotatable bonds is 7. The van der Waals surface area contributed by atoms with Gasteiger partial charge in [0.25, 0.3) is 0 Å². The Bertz CT molecular complexity index is 425. The summed E-state index contributed by atoms with van der Waals surface area (Å²) in [5.74, 6) is 4.76. The van der Waals surface area contributed by atoms with Crippen molar-refractivity contribution < 1.29 is 5.11 Å². The highest BCUT2D eigenvalue weighted by molar-refractivity contribution is 5.09. The standard InChI is InChI=1S/C25H44O/c1-3-5-6-17-25(26)18-15-24(16-19-25)23-13-11-22(12-14-23)21-9-7-20(4-2)8-10-21/h15,18,20-24,26H,3-14,16-17,19H2,1-2H3. The third-order valence-corrected chi connectivity index (χ3v) is 8.33. The smallest absolute Gasteiger partial charge is 0.0828 e. The quantitative estimate of drug-likeness (QED) is 0.373. The van der Waals surface area contributed by atoms with Crippen molar-refractivity contribution in [1.29, 1.82) is 0 Å². The molecule has 0 aromatic carbocycles. The van der Waals surface area contributed by atoms with E-state index in [1.807, 2.05) is 0 Å². The maximum absolute atomic E-state index is 10.8. The van der Waals surface area contributed by atoms with E-state index < -0.39 is 5.60 Å². The molecule has 3 rings (SSSR count). The van der Waals surface area contributed by atoms with Crippen molar-refractivity contribution in [2.24, 2.45) is 29.6 Å². The normalized spacial score (nSPS) is 41.3. The van der Waals surface area contributed by atoms with E-state index in [1.54, 1.807) is 0 Å². The molecule has 1 N–H and O–H groups in total. The molecule has 150 valence electrons. The fraction of sp³-hybridized carbons (Fsp3) is 0.920. The van der Waals surface area contributed by atoms with Crippen LogP contribution in [0.5, 0.6) is 0 Å². The predicted molar refractivity (Wildman–Crippen MR) is 112 cm³/mol. The molecule has 0 amide bonds. The Labute approximate surface area is 163 Å². The third kappa shape index (κ3) is 5.37. The lowest BCUT2D eigenvalue weighted by Gasteiger charge is -2.41. The molecule has 0 saturated heterocycles. The highest BCUT2D eigenvalue weighted by Gasteiger charge is 2.35. The average molecular weight is 361 g/mol. The second kappa shape index (κ2) is 9.76. The molecule has 0 bridgehead atoms. The van der Waals surface area contributed by atoms with Crippen LogP contribution in [0.25, 0.3) is 0 Å². The maximum Gasteiger partial charge on any atom is 0.0828 e. The molecule has 2 fully saturated rings. The summed E-state index contributed by atoms with van der Waals surface area (Å²) >= 11 is 0. The van der Waals surface area contributed by atoms with E-state index in [-0.39, 0.29) is 0 Å². The van der Waals surface area contributed by atoms with Crippen LogP contribution in [0.4, 0.5) is 0 Å². The fourth-order valence-electron chi connectivity index (χ4n) is 6.29. The van der Waals surface area contributed by atoms with Gasteiger partial charge in [0.15, 0.2) is 0 Å². The van der Waals surface area contributed by atoms with Gasteiger partial charge in [-0.15, -0.1) is 0 Å².